The van der Waals surface area contributed by atoms with Crippen LogP contribution in [0.1, 0.15) is 26.2 Å². The van der Waals surface area contributed by atoms with Gasteiger partial charge in [-0.15, -0.1) is 0 Å². The summed E-state index contributed by atoms with van der Waals surface area (Å²) in [6.45, 7) is 2.12. The van der Waals surface area contributed by atoms with E-state index in [0.717, 1.165) is 6.42 Å². The van der Waals surface area contributed by atoms with E-state index in [1.807, 2.05) is 0 Å². The van der Waals surface area contributed by atoms with Gasteiger partial charge in [-0.2, -0.15) is 0 Å². The first-order chi connectivity index (χ1) is 4.79. The highest BCUT2D eigenvalue weighted by Gasteiger charge is 2.42. The van der Waals surface area contributed by atoms with Gasteiger partial charge < -0.3 is 5.32 Å². The minimum Gasteiger partial charge on any atom is -0.353 e. The van der Waals surface area contributed by atoms with E-state index in [1.54, 1.807) is 0 Å². The molecule has 0 aromatic heterocycles. The minimum atomic E-state index is 0.301. The molecule has 1 aliphatic heterocycles. The molecule has 0 radical (unpaired) electrons. The maximum atomic E-state index is 11.2. The van der Waals surface area contributed by atoms with Crippen LogP contribution in [-0.2, 0) is 4.79 Å². The largest absolute Gasteiger partial charge is 0.353 e. The quantitative estimate of drug-likeness (QED) is 0.531. The van der Waals surface area contributed by atoms with Gasteiger partial charge in [-0.05, 0) is 25.7 Å². The highest BCUT2D eigenvalue weighted by Crippen LogP contribution is 2.37. The van der Waals surface area contributed by atoms with Crippen LogP contribution in [0.2, 0.25) is 0 Å². The highest BCUT2D eigenvalue weighted by molar-refractivity contribution is 5.82. The molecule has 1 heterocycles. The topological polar surface area (TPSA) is 29.1 Å². The zero-order valence-corrected chi connectivity index (χ0v) is 6.26. The Hall–Kier alpha value is -0.530. The van der Waals surface area contributed by atoms with Crippen LogP contribution in [0, 0.1) is 11.8 Å². The molecule has 1 amide bonds. The fraction of sp³-hybridized carbons (Fsp3) is 0.875. The van der Waals surface area contributed by atoms with E-state index >= 15 is 0 Å². The fourth-order valence-corrected chi connectivity index (χ4v) is 2.35. The number of carbonyl (C=O) groups excluding carboxylic acids is 1. The van der Waals surface area contributed by atoms with Crippen molar-refractivity contribution in [2.45, 2.75) is 32.2 Å². The molecule has 2 heteroatoms. The SMILES string of the molecule is CC1NC(=O)[C@H]2CCC[C@@H]12. The summed E-state index contributed by atoms with van der Waals surface area (Å²) >= 11 is 0. The van der Waals surface area contributed by atoms with E-state index in [9.17, 15) is 4.79 Å². The molecule has 2 rings (SSSR count). The zero-order chi connectivity index (χ0) is 7.14. The van der Waals surface area contributed by atoms with Crippen LogP contribution in [0.5, 0.6) is 0 Å². The summed E-state index contributed by atoms with van der Waals surface area (Å²) in [5.41, 5.74) is 0. The van der Waals surface area contributed by atoms with Crippen molar-refractivity contribution in [3.05, 3.63) is 0 Å². The first-order valence-electron chi connectivity index (χ1n) is 4.09. The van der Waals surface area contributed by atoms with Crippen LogP contribution < -0.4 is 5.32 Å². The van der Waals surface area contributed by atoms with E-state index in [4.69, 9.17) is 0 Å². The lowest BCUT2D eigenvalue weighted by Gasteiger charge is -2.09. The van der Waals surface area contributed by atoms with E-state index in [2.05, 4.69) is 12.2 Å². The van der Waals surface area contributed by atoms with E-state index in [1.165, 1.54) is 12.8 Å². The monoisotopic (exact) mass is 139 g/mol. The summed E-state index contributed by atoms with van der Waals surface area (Å²) in [5, 5.41) is 2.98. The molecule has 0 bridgehead atoms. The summed E-state index contributed by atoms with van der Waals surface area (Å²) in [6.07, 6.45) is 3.64. The molecule has 0 aromatic carbocycles. The first-order valence-corrected chi connectivity index (χ1v) is 4.09. The molecule has 1 N–H and O–H groups in total. The molecule has 1 saturated heterocycles. The lowest BCUT2D eigenvalue weighted by atomic mass is 9.95. The predicted molar refractivity (Wildman–Crippen MR) is 38.4 cm³/mol. The van der Waals surface area contributed by atoms with Crippen LogP contribution in [0.15, 0.2) is 0 Å². The second kappa shape index (κ2) is 1.97. The van der Waals surface area contributed by atoms with Crippen molar-refractivity contribution < 1.29 is 4.79 Å². The maximum absolute atomic E-state index is 11.2. The summed E-state index contributed by atoms with van der Waals surface area (Å²) in [5.74, 6) is 1.33. The number of amides is 1. The third-order valence-electron chi connectivity index (χ3n) is 2.92. The normalized spacial score (nSPS) is 45.3. The summed E-state index contributed by atoms with van der Waals surface area (Å²) in [4.78, 5) is 11.2. The summed E-state index contributed by atoms with van der Waals surface area (Å²) in [7, 11) is 0. The van der Waals surface area contributed by atoms with E-state index in [-0.39, 0.29) is 0 Å². The molecule has 0 spiro atoms. The number of rotatable bonds is 0. The third-order valence-corrected chi connectivity index (χ3v) is 2.92. The lowest BCUT2D eigenvalue weighted by molar-refractivity contribution is -0.122. The second-order valence-corrected chi connectivity index (χ2v) is 3.50. The molecule has 2 aliphatic rings. The van der Waals surface area contributed by atoms with E-state index < -0.39 is 0 Å². The Bertz CT molecular complexity index is 167. The molecule has 56 valence electrons. The van der Waals surface area contributed by atoms with Crippen molar-refractivity contribution in [1.82, 2.24) is 5.32 Å². The summed E-state index contributed by atoms with van der Waals surface area (Å²) in [6, 6.07) is 0.444. The predicted octanol–water partition coefficient (Wildman–Crippen LogP) is 0.921. The fourth-order valence-electron chi connectivity index (χ4n) is 2.35. The van der Waals surface area contributed by atoms with Crippen molar-refractivity contribution in [2.24, 2.45) is 11.8 Å². The van der Waals surface area contributed by atoms with Gasteiger partial charge >= 0.3 is 0 Å². The van der Waals surface area contributed by atoms with Gasteiger partial charge in [0.25, 0.3) is 0 Å². The Labute approximate surface area is 61.0 Å². The molecule has 2 fully saturated rings. The molecule has 1 unspecified atom stereocenters. The van der Waals surface area contributed by atoms with Gasteiger partial charge in [0.2, 0.25) is 5.91 Å². The Kier molecular flexibility index (Phi) is 1.22. The van der Waals surface area contributed by atoms with Gasteiger partial charge in [0.05, 0.1) is 0 Å². The molecular weight excluding hydrogens is 126 g/mol. The van der Waals surface area contributed by atoms with Crippen LogP contribution in [0.25, 0.3) is 0 Å². The Balaban J connectivity index is 2.19. The van der Waals surface area contributed by atoms with Crippen molar-refractivity contribution >= 4 is 5.91 Å². The molecule has 1 aliphatic carbocycles. The first kappa shape index (κ1) is 6.20. The van der Waals surface area contributed by atoms with Gasteiger partial charge in [-0.3, -0.25) is 4.79 Å². The Morgan fingerprint density at radius 3 is 3.00 bits per heavy atom. The smallest absolute Gasteiger partial charge is 0.223 e. The highest BCUT2D eigenvalue weighted by atomic mass is 16.2. The van der Waals surface area contributed by atoms with Crippen molar-refractivity contribution in [3.63, 3.8) is 0 Å². The number of hydrogen-bond donors (Lipinski definition) is 1. The molecule has 1 saturated carbocycles. The van der Waals surface area contributed by atoms with Crippen LogP contribution in [-0.4, -0.2) is 11.9 Å². The van der Waals surface area contributed by atoms with Crippen LogP contribution in [0.4, 0.5) is 0 Å². The molecular formula is C8H13NO. The van der Waals surface area contributed by atoms with Crippen molar-refractivity contribution in [1.29, 1.82) is 0 Å². The molecule has 3 atom stereocenters. The molecule has 10 heavy (non-hydrogen) atoms. The van der Waals surface area contributed by atoms with Gasteiger partial charge in [0.15, 0.2) is 0 Å². The van der Waals surface area contributed by atoms with Gasteiger partial charge in [-0.25, -0.2) is 0 Å². The van der Waals surface area contributed by atoms with Gasteiger partial charge in [0, 0.05) is 12.0 Å². The zero-order valence-electron chi connectivity index (χ0n) is 6.26. The molecule has 2 nitrogen and oxygen atoms in total. The van der Waals surface area contributed by atoms with Gasteiger partial charge in [-0.1, -0.05) is 6.42 Å². The number of carbonyl (C=O) groups is 1. The summed E-state index contributed by atoms with van der Waals surface area (Å²) < 4.78 is 0. The van der Waals surface area contributed by atoms with Crippen LogP contribution in [0.3, 0.4) is 0 Å². The van der Waals surface area contributed by atoms with Crippen LogP contribution >= 0.6 is 0 Å². The minimum absolute atomic E-state index is 0.301. The second-order valence-electron chi connectivity index (χ2n) is 3.50. The standard InChI is InChI=1S/C8H13NO/c1-5-6-3-2-4-7(6)8(10)9-5/h5-7H,2-4H2,1H3,(H,9,10)/t5?,6-,7-/m0/s1. The average molecular weight is 139 g/mol. The van der Waals surface area contributed by atoms with Gasteiger partial charge in [0.1, 0.15) is 0 Å². The lowest BCUT2D eigenvalue weighted by Crippen LogP contribution is -2.25. The maximum Gasteiger partial charge on any atom is 0.223 e. The average Bonchev–Trinajstić information content (AvgIpc) is 2.39. The van der Waals surface area contributed by atoms with Crippen molar-refractivity contribution in [3.8, 4) is 0 Å². The number of hydrogen-bond acceptors (Lipinski definition) is 1. The Morgan fingerprint density at radius 2 is 2.30 bits per heavy atom. The number of fused-ring (bicyclic) bond motifs is 1. The number of nitrogens with one attached hydrogen (secondary N) is 1. The Morgan fingerprint density at radius 1 is 1.50 bits per heavy atom. The third kappa shape index (κ3) is 0.678. The van der Waals surface area contributed by atoms with E-state index in [0.29, 0.717) is 23.8 Å². The van der Waals surface area contributed by atoms with Crippen molar-refractivity contribution in [2.75, 3.05) is 0 Å². The molecule has 0 aromatic rings.